The molecule has 0 spiro atoms. The molecule has 0 aliphatic carbocycles. The molecule has 0 bridgehead atoms. The van der Waals surface area contributed by atoms with Crippen molar-refractivity contribution < 1.29 is 5.11 Å². The van der Waals surface area contributed by atoms with Gasteiger partial charge in [-0.3, -0.25) is 5.43 Å². The van der Waals surface area contributed by atoms with E-state index in [1.54, 1.807) is 18.3 Å². The summed E-state index contributed by atoms with van der Waals surface area (Å²) in [5.74, 6) is 0.258. The molecule has 3 N–H and O–H groups in total. The minimum absolute atomic E-state index is 0.258. The predicted molar refractivity (Wildman–Crippen MR) is 93.9 cm³/mol. The first kappa shape index (κ1) is 16.0. The van der Waals surface area contributed by atoms with Crippen LogP contribution in [0.3, 0.4) is 0 Å². The maximum absolute atomic E-state index is 9.40. The molecule has 2 rings (SSSR count). The minimum atomic E-state index is 0.258. The van der Waals surface area contributed by atoms with Gasteiger partial charge < -0.3 is 15.0 Å². The molecule has 0 atom stereocenters. The van der Waals surface area contributed by atoms with Crippen LogP contribution in [0.1, 0.15) is 23.9 Å². The van der Waals surface area contributed by atoms with Crippen molar-refractivity contribution >= 4 is 23.5 Å². The normalized spacial score (nSPS) is 10.9. The van der Waals surface area contributed by atoms with E-state index >= 15 is 0 Å². The fourth-order valence-electron chi connectivity index (χ4n) is 2.28. The topological polar surface area (TPSA) is 61.6 Å². The Kier molecular flexibility index (Phi) is 5.16. The molecule has 0 aliphatic heterocycles. The number of rotatable bonds is 4. The third kappa shape index (κ3) is 3.65. The molecule has 1 aromatic heterocycles. The van der Waals surface area contributed by atoms with Crippen LogP contribution >= 0.6 is 12.2 Å². The Balaban J connectivity index is 2.22. The fourth-order valence-corrected chi connectivity index (χ4v) is 2.47. The molecule has 0 amide bonds. The lowest BCUT2D eigenvalue weighted by Gasteiger charge is -2.09. The first-order chi connectivity index (χ1) is 10.5. The van der Waals surface area contributed by atoms with Gasteiger partial charge in [-0.2, -0.15) is 5.10 Å². The number of aromatic nitrogens is 1. The van der Waals surface area contributed by atoms with Crippen LogP contribution in [0.5, 0.6) is 5.75 Å². The van der Waals surface area contributed by atoms with Crippen molar-refractivity contribution in [2.24, 2.45) is 5.10 Å². The SMILES string of the molecule is CCNC(=S)N/N=C\c1cc(C)n(-c2ccc(O)cc2)c1C. The van der Waals surface area contributed by atoms with Gasteiger partial charge in [0.2, 0.25) is 0 Å². The third-order valence-electron chi connectivity index (χ3n) is 3.29. The number of nitrogens with zero attached hydrogens (tertiary/aromatic N) is 2. The molecule has 2 aromatic rings. The average molecular weight is 316 g/mol. The van der Waals surface area contributed by atoms with Crippen LogP contribution in [-0.4, -0.2) is 27.5 Å². The summed E-state index contributed by atoms with van der Waals surface area (Å²) in [6.45, 7) is 6.80. The van der Waals surface area contributed by atoms with E-state index in [2.05, 4.69) is 26.5 Å². The van der Waals surface area contributed by atoms with E-state index in [4.69, 9.17) is 12.2 Å². The number of phenolic OH excluding ortho intramolecular Hbond substituents is 1. The lowest BCUT2D eigenvalue weighted by molar-refractivity contribution is 0.475. The van der Waals surface area contributed by atoms with Gasteiger partial charge in [-0.25, -0.2) is 0 Å². The molecular formula is C16H20N4OS. The van der Waals surface area contributed by atoms with Gasteiger partial charge in [0.15, 0.2) is 5.11 Å². The van der Waals surface area contributed by atoms with Crippen LogP contribution in [0.25, 0.3) is 5.69 Å². The van der Waals surface area contributed by atoms with E-state index in [1.165, 1.54) is 0 Å². The van der Waals surface area contributed by atoms with E-state index in [9.17, 15) is 5.11 Å². The maximum atomic E-state index is 9.40. The number of thiocarbonyl (C=S) groups is 1. The van der Waals surface area contributed by atoms with Gasteiger partial charge in [-0.05, 0) is 63.3 Å². The Hall–Kier alpha value is -2.34. The smallest absolute Gasteiger partial charge is 0.186 e. The predicted octanol–water partition coefficient (Wildman–Crippen LogP) is 2.62. The lowest BCUT2D eigenvalue weighted by atomic mass is 10.2. The molecule has 0 saturated heterocycles. The number of benzene rings is 1. The molecule has 0 fully saturated rings. The highest BCUT2D eigenvalue weighted by Crippen LogP contribution is 2.21. The monoisotopic (exact) mass is 316 g/mol. The van der Waals surface area contributed by atoms with Crippen molar-refractivity contribution in [3.8, 4) is 11.4 Å². The van der Waals surface area contributed by atoms with E-state index in [0.717, 1.165) is 29.2 Å². The second-order valence-electron chi connectivity index (χ2n) is 4.91. The molecule has 5 nitrogen and oxygen atoms in total. The standard InChI is InChI=1S/C16H20N4OS/c1-4-17-16(22)19-18-10-13-9-11(2)20(12(13)3)14-5-7-15(21)8-6-14/h5-10,21H,4H2,1-3H3,(H2,17,19,22)/b18-10-. The molecule has 116 valence electrons. The van der Waals surface area contributed by atoms with Crippen LogP contribution < -0.4 is 10.7 Å². The Morgan fingerprint density at radius 2 is 2.00 bits per heavy atom. The minimum Gasteiger partial charge on any atom is -0.508 e. The Morgan fingerprint density at radius 1 is 1.32 bits per heavy atom. The van der Waals surface area contributed by atoms with Crippen molar-refractivity contribution in [1.82, 2.24) is 15.3 Å². The van der Waals surface area contributed by atoms with Gasteiger partial charge in [0.05, 0.1) is 6.21 Å². The van der Waals surface area contributed by atoms with Gasteiger partial charge >= 0.3 is 0 Å². The Bertz CT molecular complexity index is 689. The quantitative estimate of drug-likeness (QED) is 0.461. The van der Waals surface area contributed by atoms with Gasteiger partial charge in [0.1, 0.15) is 5.75 Å². The molecule has 0 unspecified atom stereocenters. The van der Waals surface area contributed by atoms with Crippen molar-refractivity contribution in [3.05, 3.63) is 47.3 Å². The van der Waals surface area contributed by atoms with Crippen molar-refractivity contribution in [1.29, 1.82) is 0 Å². The largest absolute Gasteiger partial charge is 0.508 e. The van der Waals surface area contributed by atoms with Gasteiger partial charge in [-0.15, -0.1) is 0 Å². The number of hydrazone groups is 1. The van der Waals surface area contributed by atoms with E-state index in [-0.39, 0.29) is 5.75 Å². The molecular weight excluding hydrogens is 296 g/mol. The molecule has 1 heterocycles. The highest BCUT2D eigenvalue weighted by molar-refractivity contribution is 7.80. The molecule has 0 saturated carbocycles. The van der Waals surface area contributed by atoms with Crippen LogP contribution in [0.2, 0.25) is 0 Å². The summed E-state index contributed by atoms with van der Waals surface area (Å²) in [6, 6.07) is 9.18. The zero-order valence-corrected chi connectivity index (χ0v) is 13.7. The summed E-state index contributed by atoms with van der Waals surface area (Å²) < 4.78 is 2.11. The number of aromatic hydroxyl groups is 1. The number of hydrogen-bond acceptors (Lipinski definition) is 3. The number of nitrogens with one attached hydrogen (secondary N) is 2. The van der Waals surface area contributed by atoms with E-state index in [0.29, 0.717) is 5.11 Å². The second kappa shape index (κ2) is 7.09. The van der Waals surface area contributed by atoms with Crippen LogP contribution in [0, 0.1) is 13.8 Å². The Labute approximate surface area is 135 Å². The number of aryl methyl sites for hydroxylation is 1. The summed E-state index contributed by atoms with van der Waals surface area (Å²) in [4.78, 5) is 0. The van der Waals surface area contributed by atoms with Gasteiger partial charge in [0, 0.05) is 29.2 Å². The zero-order chi connectivity index (χ0) is 16.1. The van der Waals surface area contributed by atoms with Crippen LogP contribution in [-0.2, 0) is 0 Å². The molecule has 6 heteroatoms. The Morgan fingerprint density at radius 3 is 2.64 bits per heavy atom. The lowest BCUT2D eigenvalue weighted by Crippen LogP contribution is -2.31. The first-order valence-electron chi connectivity index (χ1n) is 7.08. The maximum Gasteiger partial charge on any atom is 0.186 e. The molecule has 22 heavy (non-hydrogen) atoms. The zero-order valence-electron chi connectivity index (χ0n) is 12.9. The van der Waals surface area contributed by atoms with Gasteiger partial charge in [0.25, 0.3) is 0 Å². The van der Waals surface area contributed by atoms with E-state index < -0.39 is 0 Å². The summed E-state index contributed by atoms with van der Waals surface area (Å²) in [5, 5.41) is 17.0. The van der Waals surface area contributed by atoms with E-state index in [1.807, 2.05) is 32.9 Å². The number of phenols is 1. The van der Waals surface area contributed by atoms with Crippen molar-refractivity contribution in [2.45, 2.75) is 20.8 Å². The summed E-state index contributed by atoms with van der Waals surface area (Å²) in [6.07, 6.45) is 1.75. The average Bonchev–Trinajstić information content (AvgIpc) is 2.75. The summed E-state index contributed by atoms with van der Waals surface area (Å²) in [7, 11) is 0. The van der Waals surface area contributed by atoms with Crippen LogP contribution in [0.15, 0.2) is 35.4 Å². The van der Waals surface area contributed by atoms with Crippen molar-refractivity contribution in [2.75, 3.05) is 6.54 Å². The van der Waals surface area contributed by atoms with Crippen molar-refractivity contribution in [3.63, 3.8) is 0 Å². The second-order valence-corrected chi connectivity index (χ2v) is 5.32. The van der Waals surface area contributed by atoms with Crippen LogP contribution in [0.4, 0.5) is 0 Å². The summed E-state index contributed by atoms with van der Waals surface area (Å²) in [5.41, 5.74) is 6.97. The molecule has 0 aliphatic rings. The fraction of sp³-hybridized carbons (Fsp3) is 0.250. The van der Waals surface area contributed by atoms with Gasteiger partial charge in [-0.1, -0.05) is 0 Å². The highest BCUT2D eigenvalue weighted by Gasteiger charge is 2.09. The molecule has 1 aromatic carbocycles. The highest BCUT2D eigenvalue weighted by atomic mass is 32.1. The number of hydrogen-bond donors (Lipinski definition) is 3. The first-order valence-corrected chi connectivity index (χ1v) is 7.49. The molecule has 0 radical (unpaired) electrons. The third-order valence-corrected chi connectivity index (χ3v) is 3.52. The summed E-state index contributed by atoms with van der Waals surface area (Å²) >= 11 is 5.06.